The second kappa shape index (κ2) is 6.30. The molecule has 1 fully saturated rings. The maximum Gasteiger partial charge on any atom is 0.415 e. The fourth-order valence-electron chi connectivity index (χ4n) is 3.24. The van der Waals surface area contributed by atoms with Crippen LogP contribution in [0.15, 0.2) is 54.6 Å². The molecule has 1 aliphatic heterocycles. The van der Waals surface area contributed by atoms with Crippen LogP contribution in [0, 0.1) is 6.92 Å². The number of ether oxygens (including phenoxy) is 1. The van der Waals surface area contributed by atoms with Gasteiger partial charge in [-0.15, -0.1) is 0 Å². The van der Waals surface area contributed by atoms with Gasteiger partial charge in [-0.25, -0.2) is 4.79 Å². The zero-order valence-electron chi connectivity index (χ0n) is 13.8. The molecule has 1 amide bonds. The number of hydrogen-bond acceptors (Lipinski definition) is 2. The molecule has 126 valence electrons. The Morgan fingerprint density at radius 3 is 2.40 bits per heavy atom. The largest absolute Gasteiger partial charge is 0.447 e. The van der Waals surface area contributed by atoms with Gasteiger partial charge in [-0.3, -0.25) is 4.90 Å². The molecule has 25 heavy (non-hydrogen) atoms. The topological polar surface area (TPSA) is 45.3 Å². The number of benzene rings is 2. The molecule has 0 bridgehead atoms. The summed E-state index contributed by atoms with van der Waals surface area (Å²) in [4.78, 5) is 17.2. The monoisotopic (exact) mass is 352 g/mol. The second-order valence-electron chi connectivity index (χ2n) is 5.99. The average Bonchev–Trinajstić information content (AvgIpc) is 3.20. The van der Waals surface area contributed by atoms with Crippen LogP contribution in [0.4, 0.5) is 10.6 Å². The molecule has 2 heterocycles. The third-order valence-corrected chi connectivity index (χ3v) is 4.71. The second-order valence-corrected chi connectivity index (χ2v) is 6.42. The number of carbonyl (C=O) groups excluding carboxylic acids is 1. The maximum absolute atomic E-state index is 12.1. The highest BCUT2D eigenvalue weighted by atomic mass is 35.5. The molecular formula is C20H17ClN2O2. The number of halogens is 1. The predicted molar refractivity (Wildman–Crippen MR) is 100 cm³/mol. The number of aromatic amines is 1. The molecule has 0 saturated carbocycles. The zero-order chi connectivity index (χ0) is 17.4. The number of nitrogens with one attached hydrogen (secondary N) is 1. The van der Waals surface area contributed by atoms with E-state index in [0.29, 0.717) is 18.2 Å². The molecule has 0 radical (unpaired) electrons. The Bertz CT molecular complexity index is 917. The Morgan fingerprint density at radius 2 is 1.76 bits per heavy atom. The molecule has 4 nitrogen and oxygen atoms in total. The van der Waals surface area contributed by atoms with Gasteiger partial charge in [0.15, 0.2) is 0 Å². The van der Waals surface area contributed by atoms with Gasteiger partial charge < -0.3 is 9.72 Å². The lowest BCUT2D eigenvalue weighted by Gasteiger charge is -2.14. The highest BCUT2D eigenvalue weighted by molar-refractivity contribution is 6.30. The number of cyclic esters (lactones) is 1. The van der Waals surface area contributed by atoms with E-state index in [4.69, 9.17) is 16.3 Å². The Labute approximate surface area is 151 Å². The molecule has 0 unspecified atom stereocenters. The van der Waals surface area contributed by atoms with E-state index in [1.807, 2.05) is 42.5 Å². The Kier molecular flexibility index (Phi) is 3.98. The van der Waals surface area contributed by atoms with E-state index in [0.717, 1.165) is 33.8 Å². The van der Waals surface area contributed by atoms with Gasteiger partial charge in [0.2, 0.25) is 0 Å². The number of amides is 1. The van der Waals surface area contributed by atoms with Crippen LogP contribution < -0.4 is 4.90 Å². The minimum absolute atomic E-state index is 0.323. The zero-order valence-corrected chi connectivity index (χ0v) is 14.5. The first-order valence-corrected chi connectivity index (χ1v) is 8.51. The fraction of sp³-hybridized carbons (Fsp3) is 0.150. The average molecular weight is 353 g/mol. The van der Waals surface area contributed by atoms with Gasteiger partial charge in [-0.1, -0.05) is 54.1 Å². The summed E-state index contributed by atoms with van der Waals surface area (Å²) < 4.78 is 5.13. The summed E-state index contributed by atoms with van der Waals surface area (Å²) in [5.41, 5.74) is 5.17. The molecule has 1 aromatic heterocycles. The maximum atomic E-state index is 12.1. The van der Waals surface area contributed by atoms with Crippen molar-refractivity contribution in [2.75, 3.05) is 18.1 Å². The smallest absolute Gasteiger partial charge is 0.415 e. The number of nitrogens with zero attached hydrogens (tertiary/aromatic N) is 1. The van der Waals surface area contributed by atoms with E-state index < -0.39 is 0 Å². The van der Waals surface area contributed by atoms with Crippen LogP contribution in [0.2, 0.25) is 5.02 Å². The van der Waals surface area contributed by atoms with E-state index >= 15 is 0 Å². The van der Waals surface area contributed by atoms with Crippen molar-refractivity contribution in [3.63, 3.8) is 0 Å². The minimum atomic E-state index is -0.323. The number of rotatable bonds is 3. The van der Waals surface area contributed by atoms with Crippen molar-refractivity contribution in [3.8, 4) is 22.4 Å². The minimum Gasteiger partial charge on any atom is -0.447 e. The van der Waals surface area contributed by atoms with Crippen LogP contribution in [-0.4, -0.2) is 24.2 Å². The molecule has 1 aliphatic rings. The van der Waals surface area contributed by atoms with Crippen molar-refractivity contribution < 1.29 is 9.53 Å². The number of aromatic nitrogens is 1. The standard InChI is InChI=1S/C20H17ClN2O2/c1-13-17(14-7-9-16(21)10-8-14)19(23-11-12-25-20(23)24)22-18(13)15-5-3-2-4-6-15/h2-10,22H,11-12H2,1H3. The summed E-state index contributed by atoms with van der Waals surface area (Å²) in [7, 11) is 0. The van der Waals surface area contributed by atoms with Gasteiger partial charge in [0.25, 0.3) is 0 Å². The summed E-state index contributed by atoms with van der Waals surface area (Å²) in [5, 5.41) is 0.683. The highest BCUT2D eigenvalue weighted by Gasteiger charge is 2.29. The number of anilines is 1. The van der Waals surface area contributed by atoms with Gasteiger partial charge in [0.05, 0.1) is 12.2 Å². The van der Waals surface area contributed by atoms with Crippen LogP contribution >= 0.6 is 11.6 Å². The third kappa shape index (κ3) is 2.79. The predicted octanol–water partition coefficient (Wildman–Crippen LogP) is 5.27. The van der Waals surface area contributed by atoms with Gasteiger partial charge in [-0.05, 0) is 35.7 Å². The number of carbonyl (C=O) groups is 1. The van der Waals surface area contributed by atoms with E-state index in [1.165, 1.54) is 0 Å². The van der Waals surface area contributed by atoms with Gasteiger partial charge >= 0.3 is 6.09 Å². The third-order valence-electron chi connectivity index (χ3n) is 4.46. The van der Waals surface area contributed by atoms with Crippen molar-refractivity contribution in [1.29, 1.82) is 0 Å². The summed E-state index contributed by atoms with van der Waals surface area (Å²) in [6.07, 6.45) is -0.323. The van der Waals surface area contributed by atoms with Crippen molar-refractivity contribution in [1.82, 2.24) is 4.98 Å². The molecule has 1 N–H and O–H groups in total. The van der Waals surface area contributed by atoms with Gasteiger partial charge in [0.1, 0.15) is 12.4 Å². The summed E-state index contributed by atoms with van der Waals surface area (Å²) in [6, 6.07) is 17.8. The van der Waals surface area contributed by atoms with Crippen LogP contribution in [0.5, 0.6) is 0 Å². The van der Waals surface area contributed by atoms with Crippen LogP contribution in [0.1, 0.15) is 5.56 Å². The lowest BCUT2D eigenvalue weighted by atomic mass is 10.0. The van der Waals surface area contributed by atoms with Crippen molar-refractivity contribution in [2.24, 2.45) is 0 Å². The molecular weight excluding hydrogens is 336 g/mol. The Balaban J connectivity index is 1.92. The fourth-order valence-corrected chi connectivity index (χ4v) is 3.37. The van der Waals surface area contributed by atoms with Crippen molar-refractivity contribution in [2.45, 2.75) is 6.92 Å². The normalized spacial score (nSPS) is 14.0. The number of H-pyrrole nitrogens is 1. The molecule has 0 spiro atoms. The molecule has 1 saturated heterocycles. The molecule has 3 aromatic rings. The first-order chi connectivity index (χ1) is 12.1. The molecule has 5 heteroatoms. The Hall–Kier alpha value is -2.72. The highest BCUT2D eigenvalue weighted by Crippen LogP contribution is 2.40. The lowest BCUT2D eigenvalue weighted by Crippen LogP contribution is -2.24. The van der Waals surface area contributed by atoms with Gasteiger partial charge in [-0.2, -0.15) is 0 Å². The summed E-state index contributed by atoms with van der Waals surface area (Å²) in [6.45, 7) is 3.00. The SMILES string of the molecule is Cc1c(-c2ccccc2)[nH]c(N2CCOC2=O)c1-c1ccc(Cl)cc1. The molecule has 0 aliphatic carbocycles. The van der Waals surface area contributed by atoms with Crippen molar-refractivity contribution >= 4 is 23.5 Å². The molecule has 0 atom stereocenters. The number of hydrogen-bond donors (Lipinski definition) is 1. The summed E-state index contributed by atoms with van der Waals surface area (Å²) in [5.74, 6) is 0.765. The lowest BCUT2D eigenvalue weighted by molar-refractivity contribution is 0.181. The van der Waals surface area contributed by atoms with E-state index in [2.05, 4.69) is 24.0 Å². The molecule has 2 aromatic carbocycles. The van der Waals surface area contributed by atoms with Crippen molar-refractivity contribution in [3.05, 3.63) is 65.2 Å². The quantitative estimate of drug-likeness (QED) is 0.698. The van der Waals surface area contributed by atoms with Gasteiger partial charge in [0, 0.05) is 10.6 Å². The van der Waals surface area contributed by atoms with Crippen LogP contribution in [-0.2, 0) is 4.74 Å². The van der Waals surface area contributed by atoms with E-state index in [1.54, 1.807) is 4.90 Å². The molecule has 4 rings (SSSR count). The van der Waals surface area contributed by atoms with E-state index in [9.17, 15) is 4.79 Å². The first kappa shape index (κ1) is 15.8. The summed E-state index contributed by atoms with van der Waals surface area (Å²) >= 11 is 6.04. The first-order valence-electron chi connectivity index (χ1n) is 8.13. The Morgan fingerprint density at radius 1 is 1.04 bits per heavy atom. The van der Waals surface area contributed by atoms with Crippen LogP contribution in [0.25, 0.3) is 22.4 Å². The van der Waals surface area contributed by atoms with Crippen LogP contribution in [0.3, 0.4) is 0 Å². The van der Waals surface area contributed by atoms with E-state index in [-0.39, 0.29) is 6.09 Å².